The number of fused-ring (bicyclic) bond motifs is 1. The van der Waals surface area contributed by atoms with Gasteiger partial charge >= 0.3 is 5.97 Å². The maximum Gasteiger partial charge on any atom is 0.303 e. The molecule has 0 spiro atoms. The van der Waals surface area contributed by atoms with E-state index in [2.05, 4.69) is 5.48 Å². The zero-order chi connectivity index (χ0) is 26.8. The van der Waals surface area contributed by atoms with Gasteiger partial charge in [0, 0.05) is 13.5 Å². The molecule has 0 saturated carbocycles. The summed E-state index contributed by atoms with van der Waals surface area (Å²) in [6.45, 7) is 4.33. The monoisotopic (exact) mass is 534 g/mol. The van der Waals surface area contributed by atoms with Crippen molar-refractivity contribution in [3.05, 3.63) is 60.2 Å². The van der Waals surface area contributed by atoms with Crippen LogP contribution in [0, 0.1) is 0 Å². The molecule has 12 heteroatoms. The van der Waals surface area contributed by atoms with E-state index in [0.717, 1.165) is 9.87 Å². The number of esters is 1. The lowest BCUT2D eigenvalue weighted by Crippen LogP contribution is -2.67. The molecular formula is C25H30N2O9S. The van der Waals surface area contributed by atoms with E-state index in [1.165, 1.54) is 38.3 Å². The molecule has 1 amide bonds. The van der Waals surface area contributed by atoms with Crippen LogP contribution in [0.4, 0.5) is 0 Å². The summed E-state index contributed by atoms with van der Waals surface area (Å²) in [5, 5.41) is 0. The van der Waals surface area contributed by atoms with E-state index >= 15 is 0 Å². The van der Waals surface area contributed by atoms with Crippen LogP contribution < -0.4 is 10.2 Å². The second-order valence-corrected chi connectivity index (χ2v) is 11.0. The van der Waals surface area contributed by atoms with Gasteiger partial charge in [0.05, 0.1) is 18.6 Å². The van der Waals surface area contributed by atoms with Crippen LogP contribution in [-0.4, -0.2) is 68.4 Å². The zero-order valence-electron chi connectivity index (χ0n) is 20.9. The molecule has 0 unspecified atom stereocenters. The predicted molar refractivity (Wildman–Crippen MR) is 129 cm³/mol. The Morgan fingerprint density at radius 1 is 1.08 bits per heavy atom. The second-order valence-electron chi connectivity index (χ2n) is 9.15. The number of benzene rings is 2. The fraction of sp³-hybridized carbons (Fsp3) is 0.440. The molecule has 0 aliphatic carbocycles. The number of carbonyl (C=O) groups excluding carboxylic acids is 2. The van der Waals surface area contributed by atoms with Crippen molar-refractivity contribution in [1.29, 1.82) is 0 Å². The number of carbonyl (C=O) groups is 2. The smallest absolute Gasteiger partial charge is 0.303 e. The minimum Gasteiger partial charge on any atom is -0.497 e. The van der Waals surface area contributed by atoms with Crippen molar-refractivity contribution in [2.75, 3.05) is 13.7 Å². The van der Waals surface area contributed by atoms with E-state index in [1.807, 2.05) is 30.3 Å². The van der Waals surface area contributed by atoms with E-state index in [9.17, 15) is 18.0 Å². The Bertz CT molecular complexity index is 1220. The second kappa shape index (κ2) is 10.8. The number of nitrogens with one attached hydrogen (secondary N) is 1. The maximum absolute atomic E-state index is 13.8. The molecule has 4 rings (SSSR count). The normalized spacial score (nSPS) is 25.2. The first-order chi connectivity index (χ1) is 17.5. The van der Waals surface area contributed by atoms with Crippen LogP contribution in [0.3, 0.4) is 0 Å². The van der Waals surface area contributed by atoms with Crippen LogP contribution in [0.25, 0.3) is 0 Å². The summed E-state index contributed by atoms with van der Waals surface area (Å²) in [4.78, 5) is 30.8. The Morgan fingerprint density at radius 3 is 2.38 bits per heavy atom. The SMILES string of the molecule is COc1ccc(S(=O)(=O)N2C[C@@H]3OC(C)(C)O[C@H]3[C@@H](OC(C)=O)[C@@H]2C(=O)NOCc2ccccc2)cc1. The predicted octanol–water partition coefficient (Wildman–Crippen LogP) is 1.77. The molecule has 2 fully saturated rings. The highest BCUT2D eigenvalue weighted by atomic mass is 32.2. The molecule has 2 heterocycles. The number of ether oxygens (including phenoxy) is 4. The minimum absolute atomic E-state index is 0.0431. The van der Waals surface area contributed by atoms with Gasteiger partial charge in [-0.05, 0) is 43.7 Å². The van der Waals surface area contributed by atoms with Gasteiger partial charge in [-0.1, -0.05) is 30.3 Å². The van der Waals surface area contributed by atoms with E-state index in [1.54, 1.807) is 13.8 Å². The summed E-state index contributed by atoms with van der Waals surface area (Å²) < 4.78 is 51.1. The molecular weight excluding hydrogens is 504 g/mol. The summed E-state index contributed by atoms with van der Waals surface area (Å²) in [6.07, 6.45) is -2.97. The lowest BCUT2D eigenvalue weighted by Gasteiger charge is -2.42. The zero-order valence-corrected chi connectivity index (χ0v) is 21.8. The molecule has 2 aliphatic heterocycles. The molecule has 0 aromatic heterocycles. The van der Waals surface area contributed by atoms with Gasteiger partial charge in [-0.2, -0.15) is 4.31 Å². The lowest BCUT2D eigenvalue weighted by molar-refractivity contribution is -0.177. The highest BCUT2D eigenvalue weighted by Gasteiger charge is 2.59. The third-order valence-electron chi connectivity index (χ3n) is 6.02. The minimum atomic E-state index is -4.27. The van der Waals surface area contributed by atoms with Crippen molar-refractivity contribution in [3.63, 3.8) is 0 Å². The van der Waals surface area contributed by atoms with Crippen LogP contribution in [0.15, 0.2) is 59.5 Å². The molecule has 0 bridgehead atoms. The molecule has 2 aromatic rings. The Labute approximate surface area is 215 Å². The van der Waals surface area contributed by atoms with Crippen molar-refractivity contribution in [1.82, 2.24) is 9.79 Å². The first kappa shape index (κ1) is 27.0. The summed E-state index contributed by atoms with van der Waals surface area (Å²) in [5.41, 5.74) is 3.12. The van der Waals surface area contributed by atoms with E-state index in [0.29, 0.717) is 5.75 Å². The molecule has 2 aliphatic rings. The quantitative estimate of drug-likeness (QED) is 0.398. The average molecular weight is 535 g/mol. The number of hydrogen-bond acceptors (Lipinski definition) is 9. The Hall–Kier alpha value is -3.03. The summed E-state index contributed by atoms with van der Waals surface area (Å²) in [6, 6.07) is 13.4. The number of rotatable bonds is 8. The van der Waals surface area contributed by atoms with Gasteiger partial charge in [0.2, 0.25) is 10.0 Å². The molecule has 37 heavy (non-hydrogen) atoms. The number of piperidine rings is 1. The molecule has 2 aromatic carbocycles. The fourth-order valence-electron chi connectivity index (χ4n) is 4.48. The van der Waals surface area contributed by atoms with Crippen molar-refractivity contribution in [2.45, 2.75) is 62.4 Å². The van der Waals surface area contributed by atoms with Crippen molar-refractivity contribution in [3.8, 4) is 5.75 Å². The molecule has 200 valence electrons. The molecule has 4 atom stereocenters. The highest BCUT2D eigenvalue weighted by Crippen LogP contribution is 2.39. The van der Waals surface area contributed by atoms with Crippen LogP contribution in [0.5, 0.6) is 5.75 Å². The number of nitrogens with zero attached hydrogens (tertiary/aromatic N) is 1. The van der Waals surface area contributed by atoms with E-state index < -0.39 is 52.0 Å². The van der Waals surface area contributed by atoms with Gasteiger partial charge in [0.25, 0.3) is 5.91 Å². The third-order valence-corrected chi connectivity index (χ3v) is 7.88. The fourth-order valence-corrected chi connectivity index (χ4v) is 6.08. The number of sulfonamides is 1. The van der Waals surface area contributed by atoms with Gasteiger partial charge in [0.15, 0.2) is 11.9 Å². The number of amides is 1. The van der Waals surface area contributed by atoms with Crippen LogP contribution in [0.1, 0.15) is 26.3 Å². The summed E-state index contributed by atoms with van der Waals surface area (Å²) in [7, 11) is -2.80. The highest BCUT2D eigenvalue weighted by molar-refractivity contribution is 7.89. The molecule has 0 radical (unpaired) electrons. The van der Waals surface area contributed by atoms with Crippen molar-refractivity contribution in [2.24, 2.45) is 0 Å². The first-order valence-electron chi connectivity index (χ1n) is 11.7. The first-order valence-corrected chi connectivity index (χ1v) is 13.1. The van der Waals surface area contributed by atoms with Crippen molar-refractivity contribution >= 4 is 21.9 Å². The topological polar surface area (TPSA) is 130 Å². The van der Waals surface area contributed by atoms with Gasteiger partial charge in [-0.15, -0.1) is 0 Å². The molecule has 2 saturated heterocycles. The number of hydroxylamine groups is 1. The summed E-state index contributed by atoms with van der Waals surface area (Å²) >= 11 is 0. The van der Waals surface area contributed by atoms with E-state index in [4.69, 9.17) is 23.8 Å². The lowest BCUT2D eigenvalue weighted by atomic mass is 9.95. The third kappa shape index (κ3) is 5.94. The van der Waals surface area contributed by atoms with Gasteiger partial charge < -0.3 is 18.9 Å². The summed E-state index contributed by atoms with van der Waals surface area (Å²) in [5.74, 6) is -2.14. The van der Waals surface area contributed by atoms with Crippen LogP contribution in [-0.2, 0) is 45.3 Å². The van der Waals surface area contributed by atoms with Gasteiger partial charge in [-0.3, -0.25) is 14.4 Å². The maximum atomic E-state index is 13.8. The van der Waals surface area contributed by atoms with Crippen LogP contribution in [0.2, 0.25) is 0 Å². The standard InChI is InChI=1S/C25H30N2O9S/c1-16(28)34-23-21(24(29)26-33-15-17-8-6-5-7-9-17)27(14-20-22(23)36-25(2,3)35-20)37(30,31)19-12-10-18(32-4)11-13-19/h5-13,20-23H,14-15H2,1-4H3,(H,26,29)/t20-,21+,22+,23-/m0/s1. The number of methoxy groups -OCH3 is 1. The van der Waals surface area contributed by atoms with Gasteiger partial charge in [-0.25, -0.2) is 13.9 Å². The van der Waals surface area contributed by atoms with E-state index in [-0.39, 0.29) is 18.0 Å². The van der Waals surface area contributed by atoms with Gasteiger partial charge in [0.1, 0.15) is 24.0 Å². The Balaban J connectivity index is 1.68. The molecule has 1 N–H and O–H groups in total. The Kier molecular flexibility index (Phi) is 7.85. The Morgan fingerprint density at radius 2 is 1.76 bits per heavy atom. The largest absolute Gasteiger partial charge is 0.497 e. The molecule has 11 nitrogen and oxygen atoms in total. The number of hydrogen-bond donors (Lipinski definition) is 1. The average Bonchev–Trinajstić information content (AvgIpc) is 3.18. The van der Waals surface area contributed by atoms with Crippen LogP contribution >= 0.6 is 0 Å². The van der Waals surface area contributed by atoms with Crippen molar-refractivity contribution < 1.29 is 41.8 Å².